The summed E-state index contributed by atoms with van der Waals surface area (Å²) < 4.78 is 1.88. The number of amides is 2. The van der Waals surface area contributed by atoms with Crippen molar-refractivity contribution in [2.24, 2.45) is 0 Å². The number of nitrogens with one attached hydrogen (secondary N) is 1. The molecule has 4 aromatic rings. The number of para-hydroxylation sites is 2. The second kappa shape index (κ2) is 9.47. The number of aryl methyl sites for hydroxylation is 1. The molecule has 0 spiro atoms. The lowest BCUT2D eigenvalue weighted by Crippen LogP contribution is -2.31. The minimum atomic E-state index is -0.167. The fourth-order valence-electron chi connectivity index (χ4n) is 3.69. The van der Waals surface area contributed by atoms with Crippen LogP contribution in [0.3, 0.4) is 0 Å². The van der Waals surface area contributed by atoms with E-state index in [1.165, 1.54) is 0 Å². The Balaban J connectivity index is 1.52. The van der Waals surface area contributed by atoms with Gasteiger partial charge in [-0.25, -0.2) is 4.98 Å². The highest BCUT2D eigenvalue weighted by atomic mass is 16.2. The van der Waals surface area contributed by atoms with Crippen molar-refractivity contribution < 1.29 is 9.59 Å². The number of carbonyl (C=O) groups excluding carboxylic acids is 2. The van der Waals surface area contributed by atoms with E-state index in [0.717, 1.165) is 22.2 Å². The van der Waals surface area contributed by atoms with Crippen LogP contribution in [0.2, 0.25) is 0 Å². The van der Waals surface area contributed by atoms with E-state index >= 15 is 0 Å². The molecule has 1 N–H and O–H groups in total. The third-order valence-electron chi connectivity index (χ3n) is 5.40. The second-order valence-corrected chi connectivity index (χ2v) is 7.89. The average Bonchev–Trinajstić information content (AvgIpc) is 3.15. The Morgan fingerprint density at radius 2 is 1.72 bits per heavy atom. The highest BCUT2D eigenvalue weighted by molar-refractivity contribution is 5.94. The van der Waals surface area contributed by atoms with Crippen LogP contribution in [0, 0.1) is 6.92 Å². The van der Waals surface area contributed by atoms with Crippen molar-refractivity contribution in [1.82, 2.24) is 19.8 Å². The van der Waals surface area contributed by atoms with Crippen LogP contribution in [0.25, 0.3) is 11.0 Å². The normalized spacial score (nSPS) is 10.8. The van der Waals surface area contributed by atoms with Gasteiger partial charge < -0.3 is 14.8 Å². The number of imidazole rings is 1. The first-order valence-corrected chi connectivity index (χ1v) is 10.6. The molecule has 0 aliphatic carbocycles. The zero-order valence-electron chi connectivity index (χ0n) is 18.3. The molecule has 2 amide bonds. The minimum Gasteiger partial charge on any atom is -0.345 e. The lowest BCUT2D eigenvalue weighted by molar-refractivity contribution is -0.131. The summed E-state index contributed by atoms with van der Waals surface area (Å²) in [7, 11) is 1.80. The fraction of sp³-hybridized carbons (Fsp3) is 0.192. The van der Waals surface area contributed by atoms with E-state index in [1.54, 1.807) is 18.0 Å². The van der Waals surface area contributed by atoms with Crippen molar-refractivity contribution in [3.63, 3.8) is 0 Å². The molecule has 1 heterocycles. The standard InChI is InChI=1S/C26H26N4O2/c1-19-9-8-12-21(15-19)26(32)27-16-24-28-22-13-6-7-14-23(22)30(24)18-25(31)29(2)17-20-10-4-3-5-11-20/h3-15H,16-18H2,1-2H3,(H,27,32). The summed E-state index contributed by atoms with van der Waals surface area (Å²) >= 11 is 0. The summed E-state index contributed by atoms with van der Waals surface area (Å²) in [5, 5.41) is 2.94. The molecule has 0 radical (unpaired) electrons. The zero-order valence-corrected chi connectivity index (χ0v) is 18.3. The Labute approximate surface area is 187 Å². The third-order valence-corrected chi connectivity index (χ3v) is 5.40. The number of hydrogen-bond acceptors (Lipinski definition) is 3. The molecule has 0 saturated carbocycles. The molecule has 6 heteroatoms. The summed E-state index contributed by atoms with van der Waals surface area (Å²) in [6.45, 7) is 2.87. The van der Waals surface area contributed by atoms with Gasteiger partial charge in [0.25, 0.3) is 5.91 Å². The molecule has 0 atom stereocenters. The van der Waals surface area contributed by atoms with Gasteiger partial charge in [0.15, 0.2) is 0 Å². The van der Waals surface area contributed by atoms with E-state index in [4.69, 9.17) is 0 Å². The number of likely N-dealkylation sites (N-methyl/N-ethyl adjacent to an activating group) is 1. The Bertz CT molecular complexity index is 1250. The molecule has 0 fully saturated rings. The molecule has 6 nitrogen and oxygen atoms in total. The smallest absolute Gasteiger partial charge is 0.251 e. The summed E-state index contributed by atoms with van der Waals surface area (Å²) in [5.41, 5.74) is 4.37. The number of aromatic nitrogens is 2. The van der Waals surface area contributed by atoms with Crippen molar-refractivity contribution in [2.75, 3.05) is 7.05 Å². The number of nitrogens with zero attached hydrogens (tertiary/aromatic N) is 3. The van der Waals surface area contributed by atoms with Crippen LogP contribution >= 0.6 is 0 Å². The molecule has 0 unspecified atom stereocenters. The molecule has 0 aliphatic rings. The molecule has 0 saturated heterocycles. The lowest BCUT2D eigenvalue weighted by Gasteiger charge is -2.19. The largest absolute Gasteiger partial charge is 0.345 e. The maximum absolute atomic E-state index is 13.0. The first-order chi connectivity index (χ1) is 15.5. The number of fused-ring (bicyclic) bond motifs is 1. The molecule has 4 rings (SSSR count). The number of carbonyl (C=O) groups is 2. The van der Waals surface area contributed by atoms with Gasteiger partial charge in [0, 0.05) is 19.2 Å². The monoisotopic (exact) mass is 426 g/mol. The van der Waals surface area contributed by atoms with Crippen LogP contribution < -0.4 is 5.32 Å². The predicted molar refractivity (Wildman–Crippen MR) is 125 cm³/mol. The predicted octanol–water partition coefficient (Wildman–Crippen LogP) is 3.93. The van der Waals surface area contributed by atoms with Crippen molar-refractivity contribution >= 4 is 22.8 Å². The van der Waals surface area contributed by atoms with Crippen LogP contribution in [-0.4, -0.2) is 33.3 Å². The molecule has 3 aromatic carbocycles. The Kier molecular flexibility index (Phi) is 6.31. The van der Waals surface area contributed by atoms with E-state index < -0.39 is 0 Å². The van der Waals surface area contributed by atoms with Gasteiger partial charge in [-0.1, -0.05) is 60.2 Å². The zero-order chi connectivity index (χ0) is 22.5. The summed E-state index contributed by atoms with van der Waals surface area (Å²) in [6.07, 6.45) is 0. The molecular formula is C26H26N4O2. The van der Waals surface area contributed by atoms with Crippen LogP contribution in [-0.2, 0) is 24.4 Å². The van der Waals surface area contributed by atoms with Crippen molar-refractivity contribution in [1.29, 1.82) is 0 Å². The Morgan fingerprint density at radius 1 is 0.969 bits per heavy atom. The average molecular weight is 427 g/mol. The van der Waals surface area contributed by atoms with E-state index in [1.807, 2.05) is 84.3 Å². The number of hydrogen-bond donors (Lipinski definition) is 1. The second-order valence-electron chi connectivity index (χ2n) is 7.89. The van der Waals surface area contributed by atoms with Crippen molar-refractivity contribution in [3.05, 3.63) is 101 Å². The summed E-state index contributed by atoms with van der Waals surface area (Å²) in [4.78, 5) is 32.0. The number of rotatable bonds is 7. The first-order valence-electron chi connectivity index (χ1n) is 10.6. The fourth-order valence-corrected chi connectivity index (χ4v) is 3.69. The van der Waals surface area contributed by atoms with Crippen LogP contribution in [0.4, 0.5) is 0 Å². The van der Waals surface area contributed by atoms with Crippen LogP contribution in [0.15, 0.2) is 78.9 Å². The summed E-state index contributed by atoms with van der Waals surface area (Å²) in [6, 6.07) is 25.0. The minimum absolute atomic E-state index is 0.0248. The molecule has 1 aromatic heterocycles. The third kappa shape index (κ3) is 4.86. The van der Waals surface area contributed by atoms with E-state index in [9.17, 15) is 9.59 Å². The van der Waals surface area contributed by atoms with Gasteiger partial charge in [-0.2, -0.15) is 0 Å². The Hall–Kier alpha value is -3.93. The summed E-state index contributed by atoms with van der Waals surface area (Å²) in [5.74, 6) is 0.455. The molecule has 0 aliphatic heterocycles. The molecular weight excluding hydrogens is 400 g/mol. The molecule has 32 heavy (non-hydrogen) atoms. The van der Waals surface area contributed by atoms with Crippen LogP contribution in [0.1, 0.15) is 27.3 Å². The van der Waals surface area contributed by atoms with Crippen molar-refractivity contribution in [2.45, 2.75) is 26.6 Å². The van der Waals surface area contributed by atoms with Gasteiger partial charge in [0.1, 0.15) is 12.4 Å². The first kappa shape index (κ1) is 21.3. The maximum atomic E-state index is 13.0. The van der Waals surface area contributed by atoms with E-state index in [-0.39, 0.29) is 24.9 Å². The van der Waals surface area contributed by atoms with E-state index in [0.29, 0.717) is 17.9 Å². The van der Waals surface area contributed by atoms with Crippen LogP contribution in [0.5, 0.6) is 0 Å². The van der Waals surface area contributed by atoms with E-state index in [2.05, 4.69) is 10.3 Å². The van der Waals surface area contributed by atoms with Gasteiger partial charge in [-0.05, 0) is 36.8 Å². The van der Waals surface area contributed by atoms with Crippen molar-refractivity contribution in [3.8, 4) is 0 Å². The Morgan fingerprint density at radius 3 is 2.50 bits per heavy atom. The molecule has 162 valence electrons. The quantitative estimate of drug-likeness (QED) is 0.487. The van der Waals surface area contributed by atoms with Gasteiger partial charge in [0.05, 0.1) is 17.6 Å². The topological polar surface area (TPSA) is 67.2 Å². The van der Waals surface area contributed by atoms with Gasteiger partial charge in [-0.3, -0.25) is 9.59 Å². The van der Waals surface area contributed by atoms with Gasteiger partial charge in [-0.15, -0.1) is 0 Å². The lowest BCUT2D eigenvalue weighted by atomic mass is 10.1. The number of benzene rings is 3. The molecule has 0 bridgehead atoms. The maximum Gasteiger partial charge on any atom is 0.251 e. The SMILES string of the molecule is Cc1cccc(C(=O)NCc2nc3ccccc3n2CC(=O)N(C)Cc2ccccc2)c1. The highest BCUT2D eigenvalue weighted by Gasteiger charge is 2.17. The van der Waals surface area contributed by atoms with Gasteiger partial charge >= 0.3 is 0 Å². The van der Waals surface area contributed by atoms with Gasteiger partial charge in [0.2, 0.25) is 5.91 Å². The highest BCUT2D eigenvalue weighted by Crippen LogP contribution is 2.17.